The van der Waals surface area contributed by atoms with E-state index in [1.807, 2.05) is 13.8 Å². The summed E-state index contributed by atoms with van der Waals surface area (Å²) in [6.07, 6.45) is 9.02. The Balaban J connectivity index is -0.000000166. The van der Waals surface area contributed by atoms with Gasteiger partial charge in [-0.1, -0.05) is 46.3 Å². The van der Waals surface area contributed by atoms with Gasteiger partial charge in [0, 0.05) is 0 Å². The van der Waals surface area contributed by atoms with E-state index < -0.39 is 12.5 Å². The van der Waals surface area contributed by atoms with E-state index >= 15 is 0 Å². The summed E-state index contributed by atoms with van der Waals surface area (Å²) in [6.45, 7) is 8.86. The van der Waals surface area contributed by atoms with Crippen molar-refractivity contribution >= 4 is 0 Å². The predicted molar refractivity (Wildman–Crippen MR) is 66.5 cm³/mol. The van der Waals surface area contributed by atoms with E-state index in [2.05, 4.69) is 26.0 Å². The highest BCUT2D eigenvalue weighted by Crippen LogP contribution is 1.90. The van der Waals surface area contributed by atoms with Crippen molar-refractivity contribution in [1.29, 1.82) is 0 Å². The zero-order valence-electron chi connectivity index (χ0n) is 10.8. The van der Waals surface area contributed by atoms with Crippen LogP contribution in [0.2, 0.25) is 0 Å². The first-order chi connectivity index (χ1) is 7.18. The van der Waals surface area contributed by atoms with Crippen LogP contribution in [0.15, 0.2) is 24.1 Å². The monoisotopic (exact) mass is 220 g/mol. The Labute approximate surface area is 94.1 Å². The molecule has 2 heteroatoms. The van der Waals surface area contributed by atoms with E-state index in [1.54, 1.807) is 0 Å². The molecule has 0 saturated heterocycles. The summed E-state index contributed by atoms with van der Waals surface area (Å²) in [4.78, 5) is 0. The molecule has 0 radical (unpaired) electrons. The highest BCUT2D eigenvalue weighted by atomic mass is 19.1. The number of unbranched alkanes of at least 4 members (excludes halogenated alkanes) is 1. The van der Waals surface area contributed by atoms with Gasteiger partial charge in [0.2, 0.25) is 0 Å². The molecule has 0 aliphatic heterocycles. The second-order valence-corrected chi connectivity index (χ2v) is 2.61. The van der Waals surface area contributed by atoms with Gasteiger partial charge in [0.1, 0.15) is 6.67 Å². The molecule has 0 aliphatic rings. The maximum atomic E-state index is 11.3. The van der Waals surface area contributed by atoms with E-state index in [1.165, 1.54) is 26.2 Å². The zero-order valence-corrected chi connectivity index (χ0v) is 10.8. The molecule has 15 heavy (non-hydrogen) atoms. The molecule has 92 valence electrons. The third-order valence-corrected chi connectivity index (χ3v) is 1.22. The second kappa shape index (κ2) is 23.3. The van der Waals surface area contributed by atoms with Crippen molar-refractivity contribution in [2.75, 3.05) is 6.67 Å². The molecule has 0 heterocycles. The summed E-state index contributed by atoms with van der Waals surface area (Å²) < 4.78 is 22.3. The molecule has 0 amide bonds. The van der Waals surface area contributed by atoms with Crippen molar-refractivity contribution in [2.24, 2.45) is 0 Å². The van der Waals surface area contributed by atoms with Crippen LogP contribution in [0.25, 0.3) is 0 Å². The van der Waals surface area contributed by atoms with Crippen LogP contribution < -0.4 is 0 Å². The van der Waals surface area contributed by atoms with Crippen LogP contribution >= 0.6 is 0 Å². The van der Waals surface area contributed by atoms with Gasteiger partial charge < -0.3 is 0 Å². The SMILES string of the molecule is C/C(F)=C\CF.CC.CC/C=C/CCC. The van der Waals surface area contributed by atoms with Gasteiger partial charge in [-0.15, -0.1) is 0 Å². The average molecular weight is 220 g/mol. The lowest BCUT2D eigenvalue weighted by Crippen LogP contribution is -1.62. The maximum absolute atomic E-state index is 11.3. The van der Waals surface area contributed by atoms with Gasteiger partial charge in [-0.25, -0.2) is 8.78 Å². The lowest BCUT2D eigenvalue weighted by Gasteiger charge is -1.79. The quantitative estimate of drug-likeness (QED) is 0.540. The number of rotatable bonds is 4. The van der Waals surface area contributed by atoms with Crippen molar-refractivity contribution in [2.45, 2.75) is 53.9 Å². The van der Waals surface area contributed by atoms with Crippen LogP contribution in [0.1, 0.15) is 53.9 Å². The number of allylic oxidation sites excluding steroid dienone is 4. The molecule has 0 bridgehead atoms. The Bertz CT molecular complexity index is 133. The number of hydrogen-bond donors (Lipinski definition) is 0. The number of alkyl halides is 1. The minimum atomic E-state index is -0.706. The maximum Gasteiger partial charge on any atom is 0.110 e. The molecular formula is C13H26F2. The van der Waals surface area contributed by atoms with Crippen LogP contribution in [0.5, 0.6) is 0 Å². The molecule has 0 rings (SSSR count). The number of hydrogen-bond acceptors (Lipinski definition) is 0. The van der Waals surface area contributed by atoms with E-state index in [0.29, 0.717) is 0 Å². The third kappa shape index (κ3) is 42.7. The first-order valence-electron chi connectivity index (χ1n) is 5.72. The minimum Gasteiger partial charge on any atom is -0.246 e. The van der Waals surface area contributed by atoms with E-state index in [0.717, 1.165) is 6.08 Å². The molecule has 0 aliphatic carbocycles. The van der Waals surface area contributed by atoms with Crippen molar-refractivity contribution in [1.82, 2.24) is 0 Å². The largest absolute Gasteiger partial charge is 0.246 e. The molecular weight excluding hydrogens is 194 g/mol. The van der Waals surface area contributed by atoms with Gasteiger partial charge in [0.15, 0.2) is 0 Å². The highest BCUT2D eigenvalue weighted by molar-refractivity contribution is 4.85. The summed E-state index contributed by atoms with van der Waals surface area (Å²) in [5, 5.41) is 0. The van der Waals surface area contributed by atoms with Gasteiger partial charge in [-0.05, 0) is 25.8 Å². The standard InChI is InChI=1S/C7H14.C4H6F2.C2H6/c1-3-5-7-6-4-2;1-4(6)2-3-5;1-2/h5,7H,3-4,6H2,1-2H3;2H,3H2,1H3;1-2H3/b7-5+;4-2+;. The molecule has 0 N–H and O–H groups in total. The van der Waals surface area contributed by atoms with Crippen LogP contribution in [0.4, 0.5) is 8.78 Å². The van der Waals surface area contributed by atoms with Crippen molar-refractivity contribution in [3.05, 3.63) is 24.1 Å². The lowest BCUT2D eigenvalue weighted by molar-refractivity contribution is 0.543. The van der Waals surface area contributed by atoms with Crippen LogP contribution in [-0.4, -0.2) is 6.67 Å². The first kappa shape index (κ1) is 19.8. The smallest absolute Gasteiger partial charge is 0.110 e. The number of halogens is 2. The molecule has 0 atom stereocenters. The minimum absolute atomic E-state index is 0.461. The van der Waals surface area contributed by atoms with Crippen molar-refractivity contribution in [3.8, 4) is 0 Å². The molecule has 0 spiro atoms. The van der Waals surface area contributed by atoms with E-state index in [9.17, 15) is 8.78 Å². The molecule has 0 fully saturated rings. The molecule has 0 aromatic heterocycles. The summed E-state index contributed by atoms with van der Waals surface area (Å²) in [7, 11) is 0. The Morgan fingerprint density at radius 1 is 1.13 bits per heavy atom. The van der Waals surface area contributed by atoms with Gasteiger partial charge in [0.25, 0.3) is 0 Å². The Hall–Kier alpha value is -0.660. The van der Waals surface area contributed by atoms with Crippen molar-refractivity contribution in [3.63, 3.8) is 0 Å². The second-order valence-electron chi connectivity index (χ2n) is 2.61. The van der Waals surface area contributed by atoms with Crippen LogP contribution in [0, 0.1) is 0 Å². The molecule has 0 aromatic carbocycles. The average Bonchev–Trinajstić information content (AvgIpc) is 2.22. The van der Waals surface area contributed by atoms with Crippen molar-refractivity contribution < 1.29 is 8.78 Å². The van der Waals surface area contributed by atoms with Crippen LogP contribution in [-0.2, 0) is 0 Å². The molecule has 0 nitrogen and oxygen atoms in total. The highest BCUT2D eigenvalue weighted by Gasteiger charge is 1.75. The summed E-state index contributed by atoms with van der Waals surface area (Å²) in [5.74, 6) is -0.461. The van der Waals surface area contributed by atoms with Crippen LogP contribution in [0.3, 0.4) is 0 Å². The topological polar surface area (TPSA) is 0 Å². The molecule has 0 saturated carbocycles. The zero-order chi connectivity index (χ0) is 12.5. The predicted octanol–water partition coefficient (Wildman–Crippen LogP) is 5.61. The van der Waals surface area contributed by atoms with Gasteiger partial charge in [-0.2, -0.15) is 0 Å². The first-order valence-corrected chi connectivity index (χ1v) is 5.72. The Morgan fingerprint density at radius 2 is 1.67 bits per heavy atom. The molecule has 0 aromatic rings. The fourth-order valence-electron chi connectivity index (χ4n) is 0.557. The Kier molecular flexibility index (Phi) is 30.8. The fourth-order valence-corrected chi connectivity index (χ4v) is 0.557. The summed E-state index contributed by atoms with van der Waals surface area (Å²) in [5.41, 5.74) is 0. The molecule has 0 unspecified atom stereocenters. The van der Waals surface area contributed by atoms with E-state index in [-0.39, 0.29) is 0 Å². The normalized spacial score (nSPS) is 10.2. The van der Waals surface area contributed by atoms with Gasteiger partial charge >= 0.3 is 0 Å². The van der Waals surface area contributed by atoms with Gasteiger partial charge in [-0.3, -0.25) is 0 Å². The Morgan fingerprint density at radius 3 is 1.87 bits per heavy atom. The van der Waals surface area contributed by atoms with Gasteiger partial charge in [0.05, 0.1) is 5.83 Å². The summed E-state index contributed by atoms with van der Waals surface area (Å²) in [6, 6.07) is 0. The third-order valence-electron chi connectivity index (χ3n) is 1.22. The fraction of sp³-hybridized carbons (Fsp3) is 0.692. The van der Waals surface area contributed by atoms with E-state index in [4.69, 9.17) is 0 Å². The lowest BCUT2D eigenvalue weighted by atomic mass is 10.3. The summed E-state index contributed by atoms with van der Waals surface area (Å²) >= 11 is 0.